The van der Waals surface area contributed by atoms with Crippen LogP contribution in [0.25, 0.3) is 0 Å². The molecule has 1 aromatic carbocycles. The van der Waals surface area contributed by atoms with Gasteiger partial charge in [-0.2, -0.15) is 0 Å². The monoisotopic (exact) mass is 459 g/mol. The summed E-state index contributed by atoms with van der Waals surface area (Å²) in [4.78, 5) is 27.8. The van der Waals surface area contributed by atoms with Gasteiger partial charge in [0.15, 0.2) is 5.82 Å². The first kappa shape index (κ1) is 23.4. The lowest BCUT2D eigenvalue weighted by atomic mass is 9.97. The van der Waals surface area contributed by atoms with E-state index in [0.29, 0.717) is 11.6 Å². The van der Waals surface area contributed by atoms with E-state index in [1.165, 1.54) is 11.8 Å². The van der Waals surface area contributed by atoms with Crippen molar-refractivity contribution >= 4 is 46.8 Å². The van der Waals surface area contributed by atoms with Crippen LogP contribution in [0.2, 0.25) is 0 Å². The zero-order chi connectivity index (χ0) is 22.1. The van der Waals surface area contributed by atoms with Crippen molar-refractivity contribution in [3.63, 3.8) is 0 Å². The van der Waals surface area contributed by atoms with Gasteiger partial charge in [-0.3, -0.25) is 9.59 Å². The summed E-state index contributed by atoms with van der Waals surface area (Å²) in [6.45, 7) is 4.30. The normalized spacial score (nSPS) is 16.1. The summed E-state index contributed by atoms with van der Waals surface area (Å²) in [7, 11) is 0. The van der Waals surface area contributed by atoms with E-state index in [1.807, 2.05) is 42.7 Å². The number of piperidine rings is 1. The van der Waals surface area contributed by atoms with E-state index in [2.05, 4.69) is 32.7 Å². The first-order valence-electron chi connectivity index (χ1n) is 10.5. The van der Waals surface area contributed by atoms with Crippen molar-refractivity contribution in [2.24, 2.45) is 5.92 Å². The van der Waals surface area contributed by atoms with Gasteiger partial charge in [-0.15, -0.1) is 22.0 Å². The van der Waals surface area contributed by atoms with Crippen LogP contribution >= 0.6 is 23.5 Å². The maximum Gasteiger partial charge on any atom is 0.234 e. The van der Waals surface area contributed by atoms with Crippen LogP contribution in [0.3, 0.4) is 0 Å². The molecule has 166 valence electrons. The van der Waals surface area contributed by atoms with Gasteiger partial charge in [0, 0.05) is 30.2 Å². The predicted molar refractivity (Wildman–Crippen MR) is 128 cm³/mol. The fourth-order valence-corrected chi connectivity index (χ4v) is 4.46. The molecule has 1 aromatic heterocycles. The number of carbonyl (C=O) groups is 2. The lowest BCUT2D eigenvalue weighted by Gasteiger charge is -2.32. The number of nitrogens with zero attached hydrogens (tertiary/aromatic N) is 3. The molecule has 1 fully saturated rings. The van der Waals surface area contributed by atoms with Crippen molar-refractivity contribution in [2.75, 3.05) is 41.9 Å². The summed E-state index contributed by atoms with van der Waals surface area (Å²) in [5, 5.41) is 15.2. The quantitative estimate of drug-likeness (QED) is 0.553. The lowest BCUT2D eigenvalue weighted by molar-refractivity contribution is -0.125. The zero-order valence-electron chi connectivity index (χ0n) is 18.0. The van der Waals surface area contributed by atoms with Crippen LogP contribution in [0.5, 0.6) is 0 Å². The lowest BCUT2D eigenvalue weighted by Crippen LogP contribution is -2.43. The Labute approximate surface area is 192 Å². The maximum absolute atomic E-state index is 12.3. The second kappa shape index (κ2) is 12.0. The highest BCUT2D eigenvalue weighted by molar-refractivity contribution is 8.00. The highest BCUT2D eigenvalue weighted by Crippen LogP contribution is 2.24. The standard InChI is InChI=1S/C22H29N5O2S2/c1-3-11-23-22(29)16-6-5-12-27(14-16)19-9-10-21(26-25-19)31-15-20(28)24-17-7-4-8-18(13-17)30-2/h4,7-10,13,16H,3,5-6,11-12,14-15H2,1-2H3,(H,23,29)(H,24,28)/t16-/m1/s1. The fraction of sp³-hybridized carbons (Fsp3) is 0.455. The third-order valence-corrected chi connectivity index (χ3v) is 6.64. The third-order valence-electron chi connectivity index (χ3n) is 5.00. The van der Waals surface area contributed by atoms with Gasteiger partial charge in [-0.1, -0.05) is 24.8 Å². The third kappa shape index (κ3) is 7.14. The molecule has 2 aromatic rings. The number of thioether (sulfide) groups is 2. The summed E-state index contributed by atoms with van der Waals surface area (Å²) < 4.78 is 0. The summed E-state index contributed by atoms with van der Waals surface area (Å²) in [5.41, 5.74) is 0.793. The SMILES string of the molecule is CCCNC(=O)[C@@H]1CCCN(c2ccc(SCC(=O)Nc3cccc(SC)c3)nn2)C1. The predicted octanol–water partition coefficient (Wildman–Crippen LogP) is 3.67. The fourth-order valence-electron chi connectivity index (χ4n) is 3.39. The summed E-state index contributed by atoms with van der Waals surface area (Å²) in [5.74, 6) is 1.08. The summed E-state index contributed by atoms with van der Waals surface area (Å²) in [6, 6.07) is 11.6. The Morgan fingerprint density at radius 3 is 2.84 bits per heavy atom. The molecular weight excluding hydrogens is 430 g/mol. The Morgan fingerprint density at radius 1 is 1.23 bits per heavy atom. The molecule has 3 rings (SSSR count). The highest BCUT2D eigenvalue weighted by Gasteiger charge is 2.26. The molecule has 0 bridgehead atoms. The Balaban J connectivity index is 1.49. The minimum Gasteiger partial charge on any atom is -0.356 e. The number of rotatable bonds is 9. The van der Waals surface area contributed by atoms with Crippen LogP contribution in [0.1, 0.15) is 26.2 Å². The Morgan fingerprint density at radius 2 is 2.10 bits per heavy atom. The molecule has 1 aliphatic heterocycles. The smallest absolute Gasteiger partial charge is 0.234 e. The molecular formula is C22H29N5O2S2. The first-order chi connectivity index (χ1) is 15.1. The molecule has 2 amide bonds. The highest BCUT2D eigenvalue weighted by atomic mass is 32.2. The molecule has 0 unspecified atom stereocenters. The number of benzene rings is 1. The summed E-state index contributed by atoms with van der Waals surface area (Å²) in [6.07, 6.45) is 4.81. The van der Waals surface area contributed by atoms with Gasteiger partial charge in [-0.05, 0) is 55.9 Å². The molecule has 7 nitrogen and oxygen atoms in total. The van der Waals surface area contributed by atoms with Gasteiger partial charge >= 0.3 is 0 Å². The number of carbonyl (C=O) groups excluding carboxylic acids is 2. The van der Waals surface area contributed by atoms with Crippen LogP contribution in [-0.4, -0.2) is 53.7 Å². The molecule has 9 heteroatoms. The number of amides is 2. The van der Waals surface area contributed by atoms with E-state index < -0.39 is 0 Å². The Hall–Kier alpha value is -2.26. The van der Waals surface area contributed by atoms with Gasteiger partial charge in [0.2, 0.25) is 11.8 Å². The minimum atomic E-state index is -0.0777. The van der Waals surface area contributed by atoms with Crippen molar-refractivity contribution in [3.8, 4) is 0 Å². The van der Waals surface area contributed by atoms with E-state index in [0.717, 1.165) is 48.8 Å². The molecule has 1 atom stereocenters. The van der Waals surface area contributed by atoms with Gasteiger partial charge in [-0.25, -0.2) is 0 Å². The van der Waals surface area contributed by atoms with Crippen LogP contribution < -0.4 is 15.5 Å². The topological polar surface area (TPSA) is 87.2 Å². The van der Waals surface area contributed by atoms with Crippen molar-refractivity contribution in [3.05, 3.63) is 36.4 Å². The van der Waals surface area contributed by atoms with E-state index in [4.69, 9.17) is 0 Å². The maximum atomic E-state index is 12.3. The first-order valence-corrected chi connectivity index (χ1v) is 12.7. The molecule has 31 heavy (non-hydrogen) atoms. The second-order valence-corrected chi connectivity index (χ2v) is 9.25. The molecule has 0 aliphatic carbocycles. The number of nitrogens with one attached hydrogen (secondary N) is 2. The molecule has 1 aliphatic rings. The number of anilines is 2. The van der Waals surface area contributed by atoms with E-state index in [1.54, 1.807) is 11.8 Å². The van der Waals surface area contributed by atoms with Crippen LogP contribution in [-0.2, 0) is 9.59 Å². The van der Waals surface area contributed by atoms with Gasteiger partial charge < -0.3 is 15.5 Å². The molecule has 0 saturated carbocycles. The molecule has 1 saturated heterocycles. The average Bonchev–Trinajstić information content (AvgIpc) is 2.81. The Bertz CT molecular complexity index is 878. The second-order valence-electron chi connectivity index (χ2n) is 7.37. The number of aromatic nitrogens is 2. The van der Waals surface area contributed by atoms with Gasteiger partial charge in [0.05, 0.1) is 11.7 Å². The van der Waals surface area contributed by atoms with E-state index in [9.17, 15) is 9.59 Å². The van der Waals surface area contributed by atoms with Crippen molar-refractivity contribution in [1.29, 1.82) is 0 Å². The van der Waals surface area contributed by atoms with Gasteiger partial charge in [0.25, 0.3) is 0 Å². The van der Waals surface area contributed by atoms with Crippen molar-refractivity contribution < 1.29 is 9.59 Å². The summed E-state index contributed by atoms with van der Waals surface area (Å²) >= 11 is 2.99. The molecule has 0 spiro atoms. The van der Waals surface area contributed by atoms with Crippen LogP contribution in [0.4, 0.5) is 11.5 Å². The van der Waals surface area contributed by atoms with E-state index >= 15 is 0 Å². The number of hydrogen-bond donors (Lipinski definition) is 2. The average molecular weight is 460 g/mol. The largest absolute Gasteiger partial charge is 0.356 e. The molecule has 0 radical (unpaired) electrons. The number of hydrogen-bond acceptors (Lipinski definition) is 7. The Kier molecular flexibility index (Phi) is 9.02. The van der Waals surface area contributed by atoms with Crippen molar-refractivity contribution in [2.45, 2.75) is 36.1 Å². The minimum absolute atomic E-state index is 0.00976. The van der Waals surface area contributed by atoms with Gasteiger partial charge in [0.1, 0.15) is 5.03 Å². The van der Waals surface area contributed by atoms with Crippen LogP contribution in [0.15, 0.2) is 46.3 Å². The molecule has 2 N–H and O–H groups in total. The van der Waals surface area contributed by atoms with Crippen molar-refractivity contribution in [1.82, 2.24) is 15.5 Å². The van der Waals surface area contributed by atoms with E-state index in [-0.39, 0.29) is 23.5 Å². The van der Waals surface area contributed by atoms with Crippen LogP contribution in [0, 0.1) is 5.92 Å². The molecule has 2 heterocycles. The zero-order valence-corrected chi connectivity index (χ0v) is 19.6.